The Morgan fingerprint density at radius 1 is 1.15 bits per heavy atom. The summed E-state index contributed by atoms with van der Waals surface area (Å²) in [6, 6.07) is 10.5. The molecule has 0 saturated carbocycles. The molecule has 0 fully saturated rings. The number of nitrogens with zero attached hydrogens (tertiary/aromatic N) is 3. The maximum Gasteiger partial charge on any atom is 0.376 e. The second-order valence-corrected chi connectivity index (χ2v) is 8.83. The first-order chi connectivity index (χ1) is 12.8. The van der Waals surface area contributed by atoms with Gasteiger partial charge in [0.1, 0.15) is 11.8 Å². The summed E-state index contributed by atoms with van der Waals surface area (Å²) >= 11 is 15.6. The molecule has 0 aliphatic rings. The molecule has 7 nitrogen and oxygen atoms in total. The Balaban J connectivity index is 2.08. The minimum atomic E-state index is -4.64. The molecule has 0 amide bonds. The van der Waals surface area contributed by atoms with E-state index in [0.29, 0.717) is 26.8 Å². The third kappa shape index (κ3) is 3.33. The van der Waals surface area contributed by atoms with Gasteiger partial charge in [-0.05, 0) is 40.2 Å². The Morgan fingerprint density at radius 2 is 1.85 bits per heavy atom. The number of fused-ring (bicyclic) bond motifs is 3. The summed E-state index contributed by atoms with van der Waals surface area (Å²) in [7, 11) is -4.64. The van der Waals surface area contributed by atoms with Gasteiger partial charge in [0.2, 0.25) is 0 Å². The monoisotopic (exact) mass is 486 g/mol. The molecule has 0 bridgehead atoms. The van der Waals surface area contributed by atoms with Gasteiger partial charge in [-0.15, -0.1) is 0 Å². The van der Waals surface area contributed by atoms with Crippen LogP contribution in [0.3, 0.4) is 0 Å². The topological polar surface area (TPSA) is 99.8 Å². The lowest BCUT2D eigenvalue weighted by Gasteiger charge is -2.13. The number of hydrogen-bond acceptors (Lipinski definition) is 4. The summed E-state index contributed by atoms with van der Waals surface area (Å²) in [4.78, 5) is 27.9. The molecule has 138 valence electrons. The van der Waals surface area contributed by atoms with E-state index < -0.39 is 7.60 Å². The standard InChI is InChI=1S/C16H10BrCl2N4O3P/c17-8-3-1-2-4-11(8)21-15-14-16(27(24,25)26)20-7-23(14)13-6-10(19)9(18)5-12(13)22-15/h1-7H,(H,21,22)(H2,24,25,26). The van der Waals surface area contributed by atoms with Crippen molar-refractivity contribution in [2.24, 2.45) is 0 Å². The molecule has 0 aliphatic carbocycles. The van der Waals surface area contributed by atoms with Crippen LogP contribution in [0.4, 0.5) is 11.5 Å². The van der Waals surface area contributed by atoms with Crippen LogP contribution in [0.1, 0.15) is 0 Å². The zero-order valence-corrected chi connectivity index (χ0v) is 17.3. The van der Waals surface area contributed by atoms with Crippen LogP contribution < -0.4 is 10.8 Å². The van der Waals surface area contributed by atoms with Gasteiger partial charge in [0.15, 0.2) is 11.3 Å². The quantitative estimate of drug-likeness (QED) is 0.368. The van der Waals surface area contributed by atoms with Crippen molar-refractivity contribution >= 4 is 80.2 Å². The SMILES string of the molecule is O=P(O)(O)c1ncn2c1c(Nc1ccccc1Br)nc1cc(Cl)c(Cl)cc12. The maximum atomic E-state index is 11.9. The zero-order valence-electron chi connectivity index (χ0n) is 13.3. The summed E-state index contributed by atoms with van der Waals surface area (Å²) < 4.78 is 14.2. The number of anilines is 2. The molecule has 2 aromatic heterocycles. The summed E-state index contributed by atoms with van der Waals surface area (Å²) in [5, 5.41) is 3.72. The fourth-order valence-corrected chi connectivity index (χ4v) is 4.11. The van der Waals surface area contributed by atoms with Gasteiger partial charge < -0.3 is 15.1 Å². The van der Waals surface area contributed by atoms with E-state index in [9.17, 15) is 14.4 Å². The third-order valence-corrected chi connectivity index (χ3v) is 6.18. The van der Waals surface area contributed by atoms with Gasteiger partial charge in [0.05, 0.1) is 26.8 Å². The van der Waals surface area contributed by atoms with Crippen molar-refractivity contribution in [1.82, 2.24) is 14.4 Å². The number of halogens is 3. The van der Waals surface area contributed by atoms with E-state index >= 15 is 0 Å². The molecule has 2 heterocycles. The molecule has 0 spiro atoms. The highest BCUT2D eigenvalue weighted by atomic mass is 79.9. The number of benzene rings is 2. The van der Waals surface area contributed by atoms with Crippen LogP contribution in [0.5, 0.6) is 0 Å². The van der Waals surface area contributed by atoms with Gasteiger partial charge in [-0.2, -0.15) is 0 Å². The predicted octanol–water partition coefficient (Wildman–Crippen LogP) is 4.50. The van der Waals surface area contributed by atoms with Crippen molar-refractivity contribution in [3.63, 3.8) is 0 Å². The van der Waals surface area contributed by atoms with Gasteiger partial charge in [-0.25, -0.2) is 9.97 Å². The molecule has 11 heteroatoms. The summed E-state index contributed by atoms with van der Waals surface area (Å²) in [5.41, 5.74) is 1.46. The van der Waals surface area contributed by atoms with Crippen LogP contribution >= 0.6 is 46.7 Å². The van der Waals surface area contributed by atoms with Gasteiger partial charge in [-0.3, -0.25) is 8.97 Å². The fraction of sp³-hybridized carbons (Fsp3) is 0. The van der Waals surface area contributed by atoms with E-state index in [1.54, 1.807) is 18.2 Å². The smallest absolute Gasteiger partial charge is 0.337 e. The molecule has 0 saturated heterocycles. The largest absolute Gasteiger partial charge is 0.376 e. The first-order valence-electron chi connectivity index (χ1n) is 7.49. The summed E-state index contributed by atoms with van der Waals surface area (Å²) in [5.74, 6) is 0.226. The summed E-state index contributed by atoms with van der Waals surface area (Å²) in [6.45, 7) is 0. The van der Waals surface area contributed by atoms with Gasteiger partial charge in [-0.1, -0.05) is 35.3 Å². The Morgan fingerprint density at radius 3 is 2.56 bits per heavy atom. The molecule has 0 radical (unpaired) electrons. The molecule has 0 aliphatic heterocycles. The van der Waals surface area contributed by atoms with Crippen molar-refractivity contribution in [3.8, 4) is 0 Å². The van der Waals surface area contributed by atoms with Crippen molar-refractivity contribution < 1.29 is 14.4 Å². The number of rotatable bonds is 3. The normalized spacial score (nSPS) is 12.0. The van der Waals surface area contributed by atoms with Crippen LogP contribution in [0.25, 0.3) is 16.6 Å². The molecular weight excluding hydrogens is 478 g/mol. The maximum absolute atomic E-state index is 11.9. The van der Waals surface area contributed by atoms with Gasteiger partial charge >= 0.3 is 7.60 Å². The molecule has 27 heavy (non-hydrogen) atoms. The molecule has 3 N–H and O–H groups in total. The van der Waals surface area contributed by atoms with Crippen molar-refractivity contribution in [3.05, 3.63) is 57.2 Å². The predicted molar refractivity (Wildman–Crippen MR) is 110 cm³/mol. The number of hydrogen-bond donors (Lipinski definition) is 3. The van der Waals surface area contributed by atoms with E-state index in [1.807, 2.05) is 18.2 Å². The Kier molecular flexibility index (Phi) is 4.66. The number of aromatic nitrogens is 3. The zero-order chi connectivity index (χ0) is 19.3. The average Bonchev–Trinajstić information content (AvgIpc) is 3.05. The molecule has 0 atom stereocenters. The highest BCUT2D eigenvalue weighted by Gasteiger charge is 2.27. The molecule has 0 unspecified atom stereocenters. The Hall–Kier alpha value is -1.67. The average molecular weight is 488 g/mol. The number of nitrogens with one attached hydrogen (secondary N) is 1. The lowest BCUT2D eigenvalue weighted by Crippen LogP contribution is -2.10. The Bertz CT molecular complexity index is 1260. The van der Waals surface area contributed by atoms with Crippen LogP contribution in [0.15, 0.2) is 47.2 Å². The van der Waals surface area contributed by atoms with Crippen molar-refractivity contribution in [2.75, 3.05) is 5.32 Å². The number of imidazole rings is 1. The molecule has 4 rings (SSSR count). The van der Waals surface area contributed by atoms with E-state index in [4.69, 9.17) is 23.2 Å². The van der Waals surface area contributed by atoms with Crippen LogP contribution in [-0.4, -0.2) is 24.2 Å². The van der Waals surface area contributed by atoms with Crippen LogP contribution in [-0.2, 0) is 4.57 Å². The lowest BCUT2D eigenvalue weighted by molar-refractivity contribution is 0.386. The molecule has 2 aromatic carbocycles. The fourth-order valence-electron chi connectivity index (χ4n) is 2.71. The van der Waals surface area contributed by atoms with E-state index in [0.717, 1.165) is 4.47 Å². The first kappa shape index (κ1) is 18.7. The van der Waals surface area contributed by atoms with Crippen molar-refractivity contribution in [1.29, 1.82) is 0 Å². The van der Waals surface area contributed by atoms with Crippen molar-refractivity contribution in [2.45, 2.75) is 0 Å². The molecular formula is C16H10BrCl2N4O3P. The van der Waals surface area contributed by atoms with E-state index in [2.05, 4.69) is 31.2 Å². The minimum absolute atomic E-state index is 0.157. The van der Waals surface area contributed by atoms with E-state index in [-0.39, 0.29) is 16.8 Å². The lowest BCUT2D eigenvalue weighted by atomic mass is 10.2. The molecule has 4 aromatic rings. The van der Waals surface area contributed by atoms with Crippen LogP contribution in [0.2, 0.25) is 10.0 Å². The second kappa shape index (κ2) is 6.74. The van der Waals surface area contributed by atoms with Gasteiger partial charge in [0, 0.05) is 4.47 Å². The highest BCUT2D eigenvalue weighted by Crippen LogP contribution is 2.38. The first-order valence-corrected chi connectivity index (χ1v) is 10.7. The third-order valence-electron chi connectivity index (χ3n) is 3.88. The van der Waals surface area contributed by atoms with Gasteiger partial charge in [0.25, 0.3) is 0 Å². The van der Waals surface area contributed by atoms with E-state index in [1.165, 1.54) is 10.7 Å². The number of para-hydroxylation sites is 1. The van der Waals surface area contributed by atoms with Crippen LogP contribution in [0, 0.1) is 0 Å². The highest BCUT2D eigenvalue weighted by molar-refractivity contribution is 9.10. The Labute approximate surface area is 171 Å². The minimum Gasteiger partial charge on any atom is -0.337 e. The second-order valence-electron chi connectivity index (χ2n) is 5.65. The summed E-state index contributed by atoms with van der Waals surface area (Å²) in [6.07, 6.45) is 1.32.